The second-order valence-corrected chi connectivity index (χ2v) is 7.35. The minimum Gasteiger partial charge on any atom is -0.468 e. The third kappa shape index (κ3) is 5.32. The largest absolute Gasteiger partial charge is 0.468 e. The zero-order valence-electron chi connectivity index (χ0n) is 12.1. The Morgan fingerprint density at radius 3 is 2.57 bits per heavy atom. The summed E-state index contributed by atoms with van der Waals surface area (Å²) in [5.74, 6) is 0.143. The summed E-state index contributed by atoms with van der Waals surface area (Å²) < 4.78 is 5.05. The smallest absolute Gasteiger partial charge is 0.293 e. The fraction of sp³-hybridized carbons (Fsp3) is 0.714. The van der Waals surface area contributed by atoms with Gasteiger partial charge in [0.1, 0.15) is 10.6 Å². The van der Waals surface area contributed by atoms with Gasteiger partial charge >= 0.3 is 0 Å². The second-order valence-electron chi connectivity index (χ2n) is 4.94. The third-order valence-electron chi connectivity index (χ3n) is 3.60. The maximum Gasteiger partial charge on any atom is 0.293 e. The number of carbonyl (C=O) groups is 1. The number of aliphatic hydroxyl groups excluding tert-OH is 1. The molecule has 21 heavy (non-hydrogen) atoms. The molecular formula is C14H22BrNO4S. The van der Waals surface area contributed by atoms with Crippen LogP contribution in [0.2, 0.25) is 0 Å². The highest BCUT2D eigenvalue weighted by Crippen LogP contribution is 2.41. The first-order chi connectivity index (χ1) is 10.1. The van der Waals surface area contributed by atoms with Crippen LogP contribution < -0.4 is 0 Å². The Hall–Kier alpha value is -0.500. The van der Waals surface area contributed by atoms with Crippen molar-refractivity contribution in [3.05, 3.63) is 15.0 Å². The predicted molar refractivity (Wildman–Crippen MR) is 85.1 cm³/mol. The Morgan fingerprint density at radius 1 is 1.52 bits per heavy atom. The molecule has 0 aromatic carbocycles. The molecule has 120 valence electrons. The summed E-state index contributed by atoms with van der Waals surface area (Å²) in [4.78, 5) is 13.4. The van der Waals surface area contributed by atoms with Crippen LogP contribution >= 0.6 is 27.3 Å². The van der Waals surface area contributed by atoms with Crippen molar-refractivity contribution in [3.8, 4) is 0 Å². The Kier molecular flexibility index (Phi) is 8.39. The van der Waals surface area contributed by atoms with E-state index in [0.717, 1.165) is 29.5 Å². The summed E-state index contributed by atoms with van der Waals surface area (Å²) in [5.41, 5.74) is -1.14. The highest BCUT2D eigenvalue weighted by molar-refractivity contribution is 9.11. The van der Waals surface area contributed by atoms with Crippen LogP contribution in [0, 0.1) is 5.92 Å². The molecule has 1 saturated carbocycles. The highest BCUT2D eigenvalue weighted by Gasteiger charge is 2.40. The van der Waals surface area contributed by atoms with Crippen molar-refractivity contribution < 1.29 is 19.7 Å². The molecule has 0 amide bonds. The number of aromatic nitrogens is 1. The van der Waals surface area contributed by atoms with Crippen LogP contribution in [0.25, 0.3) is 0 Å². The van der Waals surface area contributed by atoms with Gasteiger partial charge in [0.05, 0.1) is 23.2 Å². The van der Waals surface area contributed by atoms with Crippen LogP contribution in [0.5, 0.6) is 0 Å². The van der Waals surface area contributed by atoms with Gasteiger partial charge in [-0.2, -0.15) is 0 Å². The average molecular weight is 380 g/mol. The SMILES string of the molecule is CCOC=O.OCC(O)(c1ncc(Br)s1)C1CCCCC1. The highest BCUT2D eigenvalue weighted by atomic mass is 79.9. The molecule has 0 spiro atoms. The number of ether oxygens (including phenoxy) is 1. The number of thiazole rings is 1. The molecule has 5 nitrogen and oxygen atoms in total. The minimum atomic E-state index is -1.14. The lowest BCUT2D eigenvalue weighted by Crippen LogP contribution is -2.39. The molecule has 1 aromatic rings. The van der Waals surface area contributed by atoms with Crippen LogP contribution in [-0.4, -0.2) is 34.9 Å². The van der Waals surface area contributed by atoms with Crippen LogP contribution in [0.15, 0.2) is 9.98 Å². The fourth-order valence-corrected chi connectivity index (χ4v) is 3.84. The van der Waals surface area contributed by atoms with Gasteiger partial charge in [0.25, 0.3) is 6.47 Å². The lowest BCUT2D eigenvalue weighted by Gasteiger charge is -2.35. The van der Waals surface area contributed by atoms with E-state index >= 15 is 0 Å². The Morgan fingerprint density at radius 2 is 2.19 bits per heavy atom. The first kappa shape index (κ1) is 18.5. The molecule has 0 radical (unpaired) electrons. The second kappa shape index (κ2) is 9.50. The van der Waals surface area contributed by atoms with E-state index in [1.165, 1.54) is 17.8 Å². The van der Waals surface area contributed by atoms with Gasteiger partial charge < -0.3 is 14.9 Å². The number of halogens is 1. The molecule has 0 aliphatic heterocycles. The van der Waals surface area contributed by atoms with Gasteiger partial charge in [-0.15, -0.1) is 11.3 Å². The van der Waals surface area contributed by atoms with Crippen LogP contribution in [-0.2, 0) is 15.1 Å². The van der Waals surface area contributed by atoms with Crippen molar-refractivity contribution >= 4 is 33.7 Å². The maximum absolute atomic E-state index is 10.6. The van der Waals surface area contributed by atoms with E-state index in [2.05, 4.69) is 25.7 Å². The number of rotatable bonds is 5. The third-order valence-corrected chi connectivity index (χ3v) is 5.25. The summed E-state index contributed by atoms with van der Waals surface area (Å²) in [6.45, 7) is 2.43. The maximum atomic E-state index is 10.6. The number of hydrogen-bond acceptors (Lipinski definition) is 6. The Balaban J connectivity index is 0.000000383. The zero-order valence-corrected chi connectivity index (χ0v) is 14.5. The molecule has 7 heteroatoms. The molecule has 1 aliphatic carbocycles. The van der Waals surface area contributed by atoms with Crippen molar-refractivity contribution in [2.45, 2.75) is 44.6 Å². The molecule has 2 rings (SSSR count). The molecule has 1 atom stereocenters. The van der Waals surface area contributed by atoms with E-state index < -0.39 is 5.60 Å². The topological polar surface area (TPSA) is 79.7 Å². The van der Waals surface area contributed by atoms with Gasteiger partial charge in [0.15, 0.2) is 0 Å². The summed E-state index contributed by atoms with van der Waals surface area (Å²) >= 11 is 4.75. The normalized spacial score (nSPS) is 18.3. The van der Waals surface area contributed by atoms with Crippen molar-refractivity contribution in [3.63, 3.8) is 0 Å². The van der Waals surface area contributed by atoms with E-state index in [0.29, 0.717) is 18.1 Å². The fourth-order valence-electron chi connectivity index (χ4n) is 2.47. The van der Waals surface area contributed by atoms with Gasteiger partial charge in [0.2, 0.25) is 0 Å². The van der Waals surface area contributed by atoms with Gasteiger partial charge in [-0.25, -0.2) is 4.98 Å². The summed E-state index contributed by atoms with van der Waals surface area (Å²) in [7, 11) is 0. The quantitative estimate of drug-likeness (QED) is 0.768. The lowest BCUT2D eigenvalue weighted by molar-refractivity contribution is -0.128. The van der Waals surface area contributed by atoms with Gasteiger partial charge in [-0.1, -0.05) is 19.3 Å². The van der Waals surface area contributed by atoms with Crippen LogP contribution in [0.3, 0.4) is 0 Å². The molecule has 1 heterocycles. The molecule has 1 fully saturated rings. The standard InChI is InChI=1S/C11H16BrNO2S.C3H6O2/c12-9-6-13-10(16-9)11(15,7-14)8-4-2-1-3-5-8;1-2-5-3-4/h6,8,14-15H,1-5,7H2;3H,2H2,1H3. The van der Waals surface area contributed by atoms with E-state index in [1.54, 1.807) is 13.1 Å². The van der Waals surface area contributed by atoms with E-state index in [-0.39, 0.29) is 12.5 Å². The monoisotopic (exact) mass is 379 g/mol. The van der Waals surface area contributed by atoms with E-state index in [9.17, 15) is 15.0 Å². The first-order valence-electron chi connectivity index (χ1n) is 7.08. The van der Waals surface area contributed by atoms with Gasteiger partial charge in [-0.3, -0.25) is 4.79 Å². The predicted octanol–water partition coefficient (Wildman–Crippen LogP) is 2.85. The molecule has 0 saturated heterocycles. The molecule has 1 unspecified atom stereocenters. The lowest BCUT2D eigenvalue weighted by atomic mass is 9.77. The van der Waals surface area contributed by atoms with Crippen LogP contribution in [0.1, 0.15) is 44.0 Å². The molecule has 1 aliphatic rings. The Labute approximate surface area is 137 Å². The summed E-state index contributed by atoms with van der Waals surface area (Å²) in [5, 5.41) is 20.7. The summed E-state index contributed by atoms with van der Waals surface area (Å²) in [6, 6.07) is 0. The molecule has 2 N–H and O–H groups in total. The van der Waals surface area contributed by atoms with Crippen molar-refractivity contribution in [2.75, 3.05) is 13.2 Å². The number of hydrogen-bond donors (Lipinski definition) is 2. The summed E-state index contributed by atoms with van der Waals surface area (Å²) in [6.07, 6.45) is 7.16. The number of aliphatic hydroxyl groups is 2. The van der Waals surface area contributed by atoms with Gasteiger partial charge in [0, 0.05) is 0 Å². The zero-order chi connectivity index (χ0) is 15.7. The molecular weight excluding hydrogens is 358 g/mol. The molecule has 0 bridgehead atoms. The Bertz CT molecular complexity index is 423. The average Bonchev–Trinajstić information content (AvgIpc) is 2.96. The number of carbonyl (C=O) groups excluding carboxylic acids is 1. The minimum absolute atomic E-state index is 0.143. The van der Waals surface area contributed by atoms with Crippen molar-refractivity contribution in [2.24, 2.45) is 5.92 Å². The van der Waals surface area contributed by atoms with Crippen LogP contribution in [0.4, 0.5) is 0 Å². The van der Waals surface area contributed by atoms with E-state index in [1.807, 2.05) is 0 Å². The van der Waals surface area contributed by atoms with E-state index in [4.69, 9.17) is 0 Å². The first-order valence-corrected chi connectivity index (χ1v) is 8.69. The van der Waals surface area contributed by atoms with Crippen molar-refractivity contribution in [1.29, 1.82) is 0 Å². The number of nitrogens with zero attached hydrogens (tertiary/aromatic N) is 1. The van der Waals surface area contributed by atoms with Gasteiger partial charge in [-0.05, 0) is 41.6 Å². The van der Waals surface area contributed by atoms with Crippen molar-refractivity contribution in [1.82, 2.24) is 4.98 Å². The molecule has 1 aromatic heterocycles.